The highest BCUT2D eigenvalue weighted by Crippen LogP contribution is 2.34. The third-order valence-electron chi connectivity index (χ3n) is 5.15. The molecule has 0 spiro atoms. The second kappa shape index (κ2) is 11.8. The smallest absolute Gasteiger partial charge is 0.278 e. The van der Waals surface area contributed by atoms with Crippen molar-refractivity contribution < 1.29 is 19.2 Å². The fourth-order valence-electron chi connectivity index (χ4n) is 3.43. The van der Waals surface area contributed by atoms with E-state index in [-0.39, 0.29) is 17.0 Å². The Kier molecular flexibility index (Phi) is 8.11. The number of hydrogen-bond donors (Lipinski definition) is 1. The highest BCUT2D eigenvalue weighted by molar-refractivity contribution is 7.99. The minimum atomic E-state index is -0.509. The highest BCUT2D eigenvalue weighted by Gasteiger charge is 2.19. The minimum Gasteiger partial charge on any atom is -0.493 e. The van der Waals surface area contributed by atoms with E-state index in [1.54, 1.807) is 44.6 Å². The van der Waals surface area contributed by atoms with Crippen LogP contribution in [0.15, 0.2) is 83.1 Å². The first-order chi connectivity index (χ1) is 18.0. The third-order valence-corrected chi connectivity index (χ3v) is 6.08. The molecule has 0 aliphatic rings. The number of thioether (sulfide) groups is 1. The summed E-state index contributed by atoms with van der Waals surface area (Å²) in [6, 6.07) is 21.1. The molecule has 0 radical (unpaired) electrons. The van der Waals surface area contributed by atoms with Crippen molar-refractivity contribution in [3.8, 4) is 28.6 Å². The number of methoxy groups -OCH3 is 2. The van der Waals surface area contributed by atoms with Gasteiger partial charge in [0.2, 0.25) is 0 Å². The monoisotopic (exact) mass is 518 g/mol. The number of nitrogens with zero attached hydrogens (tertiary/aromatic N) is 5. The van der Waals surface area contributed by atoms with Gasteiger partial charge in [-0.05, 0) is 36.4 Å². The van der Waals surface area contributed by atoms with Gasteiger partial charge in [0.25, 0.3) is 11.6 Å². The quantitative estimate of drug-likeness (QED) is 0.144. The van der Waals surface area contributed by atoms with E-state index >= 15 is 0 Å². The van der Waals surface area contributed by atoms with Crippen molar-refractivity contribution in [3.05, 3.63) is 88.5 Å². The number of rotatable bonds is 10. The molecular weight excluding hydrogens is 496 g/mol. The molecule has 4 rings (SSSR count). The topological polar surface area (TPSA) is 134 Å². The molecule has 0 bridgehead atoms. The predicted octanol–water partition coefficient (Wildman–Crippen LogP) is 4.10. The van der Waals surface area contributed by atoms with Crippen LogP contribution in [0.25, 0.3) is 17.1 Å². The molecule has 12 heteroatoms. The number of ether oxygens (including phenoxy) is 2. The average molecular weight is 519 g/mol. The van der Waals surface area contributed by atoms with Crippen molar-refractivity contribution in [1.29, 1.82) is 0 Å². The molecule has 0 unspecified atom stereocenters. The number of aromatic nitrogens is 3. The lowest BCUT2D eigenvalue weighted by Gasteiger charge is -2.12. The second-order valence-electron chi connectivity index (χ2n) is 7.44. The van der Waals surface area contributed by atoms with Crippen molar-refractivity contribution in [1.82, 2.24) is 20.2 Å². The van der Waals surface area contributed by atoms with Gasteiger partial charge < -0.3 is 9.47 Å². The minimum absolute atomic E-state index is 0.00881. The van der Waals surface area contributed by atoms with Gasteiger partial charge >= 0.3 is 0 Å². The van der Waals surface area contributed by atoms with Crippen molar-refractivity contribution in [3.63, 3.8) is 0 Å². The third kappa shape index (κ3) is 5.93. The van der Waals surface area contributed by atoms with E-state index in [0.717, 1.165) is 11.3 Å². The van der Waals surface area contributed by atoms with Crippen molar-refractivity contribution in [2.45, 2.75) is 5.16 Å². The van der Waals surface area contributed by atoms with Crippen LogP contribution in [-0.4, -0.2) is 51.8 Å². The Balaban J connectivity index is 1.54. The molecule has 0 saturated heterocycles. The van der Waals surface area contributed by atoms with Gasteiger partial charge in [-0.3, -0.25) is 19.5 Å². The predicted molar refractivity (Wildman–Crippen MR) is 139 cm³/mol. The zero-order valence-electron chi connectivity index (χ0n) is 19.9. The molecule has 3 aromatic carbocycles. The molecule has 0 saturated carbocycles. The lowest BCUT2D eigenvalue weighted by molar-refractivity contribution is -0.385. The van der Waals surface area contributed by atoms with Gasteiger partial charge in [-0.2, -0.15) is 5.10 Å². The molecular formula is C25H22N6O5S. The summed E-state index contributed by atoms with van der Waals surface area (Å²) in [7, 11) is 3.12. The van der Waals surface area contributed by atoms with E-state index < -0.39 is 10.8 Å². The number of nitro benzene ring substituents is 1. The molecule has 0 aliphatic heterocycles. The molecule has 4 aromatic rings. The standard InChI is InChI=1S/C25H22N6O5S/c1-35-21-13-12-17(14-22(21)36-2)24-28-29-25(30(24)19-9-4-3-5-10-19)37-16-23(32)27-26-15-18-8-6-7-11-20(18)31(33)34/h3-15H,16H2,1-2H3,(H,27,32). The Hall–Kier alpha value is -4.71. The molecule has 1 heterocycles. The number of amides is 1. The first kappa shape index (κ1) is 25.4. The largest absolute Gasteiger partial charge is 0.493 e. The fourth-order valence-corrected chi connectivity index (χ4v) is 4.18. The number of hydrogen-bond acceptors (Lipinski definition) is 9. The van der Waals surface area contributed by atoms with Gasteiger partial charge in [0, 0.05) is 17.3 Å². The number of benzene rings is 3. The summed E-state index contributed by atoms with van der Waals surface area (Å²) < 4.78 is 12.6. The first-order valence-corrected chi connectivity index (χ1v) is 11.9. The van der Waals surface area contributed by atoms with Gasteiger partial charge in [0.05, 0.1) is 36.7 Å². The maximum Gasteiger partial charge on any atom is 0.278 e. The number of carbonyl (C=O) groups excluding carboxylic acids is 1. The van der Waals surface area contributed by atoms with Crippen LogP contribution in [0.3, 0.4) is 0 Å². The van der Waals surface area contributed by atoms with Gasteiger partial charge in [-0.1, -0.05) is 42.1 Å². The lowest BCUT2D eigenvalue weighted by Crippen LogP contribution is -2.20. The zero-order valence-corrected chi connectivity index (χ0v) is 20.7. The number of nitrogens with one attached hydrogen (secondary N) is 1. The maximum atomic E-state index is 12.4. The average Bonchev–Trinajstić information content (AvgIpc) is 3.36. The Labute approximate surface area is 216 Å². The Bertz CT molecular complexity index is 1440. The highest BCUT2D eigenvalue weighted by atomic mass is 32.2. The Morgan fingerprint density at radius 3 is 2.51 bits per heavy atom. The summed E-state index contributed by atoms with van der Waals surface area (Å²) in [5.41, 5.74) is 4.13. The summed E-state index contributed by atoms with van der Waals surface area (Å²) in [5, 5.41) is 24.2. The van der Waals surface area contributed by atoms with E-state index in [4.69, 9.17) is 9.47 Å². The first-order valence-electron chi connectivity index (χ1n) is 10.9. The normalized spacial score (nSPS) is 10.9. The van der Waals surface area contributed by atoms with Crippen molar-refractivity contribution >= 4 is 29.6 Å². The van der Waals surface area contributed by atoms with Gasteiger partial charge in [0.1, 0.15) is 0 Å². The van der Waals surface area contributed by atoms with Crippen molar-refractivity contribution in [2.75, 3.05) is 20.0 Å². The summed E-state index contributed by atoms with van der Waals surface area (Å²) >= 11 is 1.18. The van der Waals surface area contributed by atoms with Crippen LogP contribution in [-0.2, 0) is 4.79 Å². The van der Waals surface area contributed by atoms with E-state index in [1.807, 2.05) is 41.0 Å². The molecule has 1 N–H and O–H groups in total. The summed E-state index contributed by atoms with van der Waals surface area (Å²) in [5.74, 6) is 1.28. The summed E-state index contributed by atoms with van der Waals surface area (Å²) in [6.07, 6.45) is 1.24. The fraction of sp³-hybridized carbons (Fsp3) is 0.120. The zero-order chi connectivity index (χ0) is 26.2. The lowest BCUT2D eigenvalue weighted by atomic mass is 10.2. The number of hydrazone groups is 1. The van der Waals surface area contributed by atoms with Crippen LogP contribution < -0.4 is 14.9 Å². The number of para-hydroxylation sites is 2. The van der Waals surface area contributed by atoms with Crippen molar-refractivity contribution in [2.24, 2.45) is 5.10 Å². The van der Waals surface area contributed by atoms with Gasteiger partial charge in [-0.15, -0.1) is 10.2 Å². The molecule has 188 valence electrons. The van der Waals surface area contributed by atoms with Crippen LogP contribution in [0.2, 0.25) is 0 Å². The molecule has 0 aliphatic carbocycles. The van der Waals surface area contributed by atoms with E-state index in [1.165, 1.54) is 24.0 Å². The van der Waals surface area contributed by atoms with Crippen LogP contribution in [0, 0.1) is 10.1 Å². The van der Waals surface area contributed by atoms with Crippen LogP contribution in [0.4, 0.5) is 5.69 Å². The van der Waals surface area contributed by atoms with Crippen LogP contribution in [0.5, 0.6) is 11.5 Å². The SMILES string of the molecule is COc1ccc(-c2nnc(SCC(=O)NN=Cc3ccccc3[N+](=O)[O-])n2-c2ccccc2)cc1OC. The van der Waals surface area contributed by atoms with Crippen LogP contribution >= 0.6 is 11.8 Å². The molecule has 0 fully saturated rings. The summed E-state index contributed by atoms with van der Waals surface area (Å²) in [6.45, 7) is 0. The van der Waals surface area contributed by atoms with E-state index in [9.17, 15) is 14.9 Å². The Morgan fingerprint density at radius 1 is 1.05 bits per heavy atom. The number of nitro groups is 1. The van der Waals surface area contributed by atoms with Crippen LogP contribution in [0.1, 0.15) is 5.56 Å². The van der Waals surface area contributed by atoms with E-state index in [0.29, 0.717) is 22.5 Å². The molecule has 37 heavy (non-hydrogen) atoms. The van der Waals surface area contributed by atoms with Gasteiger partial charge in [-0.25, -0.2) is 5.43 Å². The molecule has 1 amide bonds. The summed E-state index contributed by atoms with van der Waals surface area (Å²) in [4.78, 5) is 23.1. The Morgan fingerprint density at radius 2 is 1.78 bits per heavy atom. The second-order valence-corrected chi connectivity index (χ2v) is 8.39. The van der Waals surface area contributed by atoms with E-state index in [2.05, 4.69) is 20.7 Å². The molecule has 11 nitrogen and oxygen atoms in total. The molecule has 0 atom stereocenters. The maximum absolute atomic E-state index is 12.4. The molecule has 1 aromatic heterocycles. The number of carbonyl (C=O) groups is 1. The van der Waals surface area contributed by atoms with Gasteiger partial charge in [0.15, 0.2) is 22.5 Å².